The highest BCUT2D eigenvalue weighted by Crippen LogP contribution is 2.41. The zero-order valence-corrected chi connectivity index (χ0v) is 14.2. The third kappa shape index (κ3) is 2.12. The number of benzene rings is 1. The van der Waals surface area contributed by atoms with Crippen molar-refractivity contribution in [3.8, 4) is 11.1 Å². The third-order valence-corrected chi connectivity index (χ3v) is 5.64. The van der Waals surface area contributed by atoms with Crippen molar-refractivity contribution in [2.24, 2.45) is 0 Å². The number of amides is 1. The molecule has 3 heterocycles. The van der Waals surface area contributed by atoms with Gasteiger partial charge in [0.15, 0.2) is 5.96 Å². The smallest absolute Gasteiger partial charge is 0.231 e. The number of carbonyl (C=O) groups is 1. The molecule has 0 unspecified atom stereocenters. The predicted molar refractivity (Wildman–Crippen MR) is 95.0 cm³/mol. The van der Waals surface area contributed by atoms with Gasteiger partial charge in [-0.3, -0.25) is 20.2 Å². The molecule has 0 radical (unpaired) electrons. The topological polar surface area (TPSA) is 84.9 Å². The van der Waals surface area contributed by atoms with Gasteiger partial charge in [0, 0.05) is 29.1 Å². The van der Waals surface area contributed by atoms with E-state index in [2.05, 4.69) is 33.0 Å². The second kappa shape index (κ2) is 5.17. The van der Waals surface area contributed by atoms with E-state index in [1.54, 1.807) is 18.4 Å². The number of hydrogen-bond acceptors (Lipinski definition) is 4. The summed E-state index contributed by atoms with van der Waals surface area (Å²) in [5, 5.41) is 21.3. The van der Waals surface area contributed by atoms with Crippen LogP contribution >= 0.6 is 11.3 Å². The lowest BCUT2D eigenvalue weighted by atomic mass is 9.86. The molecule has 0 bridgehead atoms. The monoisotopic (exact) mass is 339 g/mol. The summed E-state index contributed by atoms with van der Waals surface area (Å²) in [5.41, 5.74) is 2.64. The number of H-pyrrole nitrogens is 1. The first kappa shape index (κ1) is 14.9. The lowest BCUT2D eigenvalue weighted by Gasteiger charge is -2.39. The summed E-state index contributed by atoms with van der Waals surface area (Å²) in [5.74, 6) is 0.0886. The number of aromatic amines is 1. The number of nitrogens with one attached hydrogen (secondary N) is 3. The Morgan fingerprint density at radius 3 is 2.96 bits per heavy atom. The number of thiophene rings is 1. The SMILES string of the molecule is CN1C(=N)N[C@](C)(c2csc3c(-c4cn[nH]c4)cccc23)CC1=O. The van der Waals surface area contributed by atoms with Crippen LogP contribution in [0.3, 0.4) is 0 Å². The highest BCUT2D eigenvalue weighted by atomic mass is 32.1. The maximum absolute atomic E-state index is 12.2. The van der Waals surface area contributed by atoms with Crippen molar-refractivity contribution >= 4 is 33.3 Å². The van der Waals surface area contributed by atoms with E-state index in [1.807, 2.05) is 25.4 Å². The van der Waals surface area contributed by atoms with Gasteiger partial charge in [0.1, 0.15) is 0 Å². The van der Waals surface area contributed by atoms with Crippen molar-refractivity contribution in [1.82, 2.24) is 20.4 Å². The summed E-state index contributed by atoms with van der Waals surface area (Å²) in [6.45, 7) is 1.98. The summed E-state index contributed by atoms with van der Waals surface area (Å²) < 4.78 is 1.16. The number of nitrogens with zero attached hydrogens (tertiary/aromatic N) is 2. The molecular weight excluding hydrogens is 322 g/mol. The molecule has 1 fully saturated rings. The van der Waals surface area contributed by atoms with Gasteiger partial charge < -0.3 is 5.32 Å². The lowest BCUT2D eigenvalue weighted by Crippen LogP contribution is -2.58. The highest BCUT2D eigenvalue weighted by Gasteiger charge is 2.39. The van der Waals surface area contributed by atoms with E-state index in [-0.39, 0.29) is 11.9 Å². The summed E-state index contributed by atoms with van der Waals surface area (Å²) >= 11 is 1.66. The summed E-state index contributed by atoms with van der Waals surface area (Å²) in [7, 11) is 1.62. The maximum Gasteiger partial charge on any atom is 0.231 e. The number of rotatable bonds is 2. The molecule has 1 amide bonds. The summed E-state index contributed by atoms with van der Waals surface area (Å²) in [4.78, 5) is 13.6. The van der Waals surface area contributed by atoms with Gasteiger partial charge in [-0.05, 0) is 23.3 Å². The fraction of sp³-hybridized carbons (Fsp3) is 0.235. The maximum atomic E-state index is 12.2. The Morgan fingerprint density at radius 2 is 2.25 bits per heavy atom. The van der Waals surface area contributed by atoms with E-state index in [0.717, 1.165) is 26.8 Å². The Labute approximate surface area is 143 Å². The minimum Gasteiger partial charge on any atom is -0.346 e. The quantitative estimate of drug-likeness (QED) is 0.671. The number of aromatic nitrogens is 2. The van der Waals surface area contributed by atoms with Crippen LogP contribution in [0.2, 0.25) is 0 Å². The number of guanidine groups is 1. The van der Waals surface area contributed by atoms with Crippen molar-refractivity contribution < 1.29 is 4.79 Å². The Hall–Kier alpha value is -2.67. The second-order valence-electron chi connectivity index (χ2n) is 6.25. The van der Waals surface area contributed by atoms with Crippen molar-refractivity contribution in [3.05, 3.63) is 41.5 Å². The van der Waals surface area contributed by atoms with E-state index in [4.69, 9.17) is 5.41 Å². The van der Waals surface area contributed by atoms with Crippen molar-refractivity contribution in [3.63, 3.8) is 0 Å². The third-order valence-electron chi connectivity index (χ3n) is 4.61. The van der Waals surface area contributed by atoms with E-state index < -0.39 is 5.54 Å². The first-order chi connectivity index (χ1) is 11.5. The van der Waals surface area contributed by atoms with E-state index in [0.29, 0.717) is 6.42 Å². The normalized spacial score (nSPS) is 21.3. The fourth-order valence-electron chi connectivity index (χ4n) is 3.21. The Balaban J connectivity index is 1.85. The molecule has 3 N–H and O–H groups in total. The van der Waals surface area contributed by atoms with Crippen molar-refractivity contribution in [2.45, 2.75) is 18.9 Å². The van der Waals surface area contributed by atoms with Crippen LogP contribution in [0, 0.1) is 5.41 Å². The number of carbonyl (C=O) groups excluding carboxylic acids is 1. The van der Waals surface area contributed by atoms with Gasteiger partial charge in [0.05, 0.1) is 18.2 Å². The Bertz CT molecular complexity index is 925. The molecule has 24 heavy (non-hydrogen) atoms. The van der Waals surface area contributed by atoms with Gasteiger partial charge >= 0.3 is 0 Å². The van der Waals surface area contributed by atoms with E-state index >= 15 is 0 Å². The summed E-state index contributed by atoms with van der Waals surface area (Å²) in [6.07, 6.45) is 4.01. The van der Waals surface area contributed by atoms with Gasteiger partial charge in [0.25, 0.3) is 0 Å². The zero-order valence-electron chi connectivity index (χ0n) is 13.4. The molecule has 2 aromatic heterocycles. The van der Waals surface area contributed by atoms with Crippen LogP contribution in [0.1, 0.15) is 18.9 Å². The molecule has 6 nitrogen and oxygen atoms in total. The molecule has 1 aliphatic heterocycles. The molecule has 3 aromatic rings. The highest BCUT2D eigenvalue weighted by molar-refractivity contribution is 7.18. The number of hydrogen-bond donors (Lipinski definition) is 3. The van der Waals surface area contributed by atoms with Crippen LogP contribution in [-0.4, -0.2) is 34.0 Å². The molecule has 122 valence electrons. The fourth-order valence-corrected chi connectivity index (χ4v) is 4.45. The molecule has 0 saturated carbocycles. The first-order valence-electron chi connectivity index (χ1n) is 7.63. The number of fused-ring (bicyclic) bond motifs is 1. The lowest BCUT2D eigenvalue weighted by molar-refractivity contribution is -0.129. The second-order valence-corrected chi connectivity index (χ2v) is 7.13. The van der Waals surface area contributed by atoms with Gasteiger partial charge in [-0.15, -0.1) is 11.3 Å². The molecule has 4 rings (SSSR count). The largest absolute Gasteiger partial charge is 0.346 e. The van der Waals surface area contributed by atoms with Crippen LogP contribution in [0.15, 0.2) is 36.0 Å². The molecule has 1 saturated heterocycles. The zero-order chi connectivity index (χ0) is 16.9. The molecule has 0 aliphatic carbocycles. The van der Waals surface area contributed by atoms with Crippen molar-refractivity contribution in [1.29, 1.82) is 5.41 Å². The Kier molecular flexibility index (Phi) is 3.21. The van der Waals surface area contributed by atoms with Gasteiger partial charge in [-0.2, -0.15) is 5.10 Å². The van der Waals surface area contributed by atoms with Crippen LogP contribution in [-0.2, 0) is 10.3 Å². The average molecular weight is 339 g/mol. The molecular formula is C17H17N5OS. The molecule has 1 aromatic carbocycles. The van der Waals surface area contributed by atoms with E-state index in [9.17, 15) is 4.79 Å². The average Bonchev–Trinajstić information content (AvgIpc) is 3.21. The minimum atomic E-state index is -0.575. The van der Waals surface area contributed by atoms with Gasteiger partial charge in [-0.25, -0.2) is 0 Å². The molecule has 0 spiro atoms. The first-order valence-corrected chi connectivity index (χ1v) is 8.51. The van der Waals surface area contributed by atoms with Crippen LogP contribution in [0.5, 0.6) is 0 Å². The van der Waals surface area contributed by atoms with Crippen LogP contribution < -0.4 is 5.32 Å². The summed E-state index contributed by atoms with van der Waals surface area (Å²) in [6, 6.07) is 6.17. The van der Waals surface area contributed by atoms with Crippen LogP contribution in [0.4, 0.5) is 0 Å². The standard InChI is InChI=1S/C17H17N5OS/c1-17(6-14(23)22(2)16(18)21-17)13-9-24-15-11(4-3-5-12(13)15)10-7-19-20-8-10/h3-5,7-9H,6H2,1-2H3,(H2,18,21)(H,19,20)/t17-/m0/s1. The minimum absolute atomic E-state index is 0.0495. The Morgan fingerprint density at radius 1 is 1.42 bits per heavy atom. The molecule has 7 heteroatoms. The van der Waals surface area contributed by atoms with Crippen molar-refractivity contribution in [2.75, 3.05) is 7.05 Å². The van der Waals surface area contributed by atoms with Crippen LogP contribution in [0.25, 0.3) is 21.2 Å². The van der Waals surface area contributed by atoms with E-state index in [1.165, 1.54) is 4.90 Å². The predicted octanol–water partition coefficient (Wildman–Crippen LogP) is 2.89. The van der Waals surface area contributed by atoms with Gasteiger partial charge in [0.2, 0.25) is 5.91 Å². The van der Waals surface area contributed by atoms with Gasteiger partial charge in [-0.1, -0.05) is 18.2 Å². The molecule has 1 atom stereocenters. The molecule has 1 aliphatic rings.